The van der Waals surface area contributed by atoms with Crippen LogP contribution in [0.15, 0.2) is 60.9 Å². The molecule has 4 fully saturated rings. The van der Waals surface area contributed by atoms with E-state index in [1.54, 1.807) is 28.4 Å². The smallest absolute Gasteiger partial charge is 0.225 e. The Morgan fingerprint density at radius 3 is 1.44 bits per heavy atom. The third-order valence-corrected chi connectivity index (χ3v) is 13.5. The lowest BCUT2D eigenvalue weighted by Crippen LogP contribution is -2.39. The molecule has 0 unspecified atom stereocenters. The normalized spacial score (nSPS) is 17.0. The predicted octanol–water partition coefficient (Wildman–Crippen LogP) is 6.80. The van der Waals surface area contributed by atoms with Crippen molar-refractivity contribution in [3.63, 3.8) is 0 Å². The van der Waals surface area contributed by atoms with E-state index in [0.717, 1.165) is 135 Å². The van der Waals surface area contributed by atoms with Crippen molar-refractivity contribution in [3.05, 3.63) is 66.5 Å². The quantitative estimate of drug-likeness (QED) is 0.0870. The van der Waals surface area contributed by atoms with Crippen LogP contribution in [0.25, 0.3) is 27.5 Å². The minimum atomic E-state index is 0.269. The van der Waals surface area contributed by atoms with Gasteiger partial charge in [0.05, 0.1) is 79.1 Å². The van der Waals surface area contributed by atoms with Gasteiger partial charge in [-0.2, -0.15) is 9.97 Å². The SMILES string of the molecule is CCOc1cc(CN2CCC(Nc3nc(N4CCOCC4)c4cc(OC)c(OC)cc4n3)CC2)cc(OCC)c1-n1cccc1.COc1cc2nc(NC3CCNCC3)nc(N3CCOCC3)c2cc1OC. The summed E-state index contributed by atoms with van der Waals surface area (Å²) in [6, 6.07) is 16.8. The highest BCUT2D eigenvalue weighted by atomic mass is 16.5. The number of nitrogens with one attached hydrogen (secondary N) is 3. The molecule has 4 saturated heterocycles. The molecule has 6 aromatic rings. The number of hydrogen-bond donors (Lipinski definition) is 3. The van der Waals surface area contributed by atoms with Gasteiger partial charge in [-0.3, -0.25) is 4.90 Å². The van der Waals surface area contributed by atoms with Crippen LogP contribution < -0.4 is 54.2 Å². The zero-order valence-corrected chi connectivity index (χ0v) is 42.7. The van der Waals surface area contributed by atoms with E-state index < -0.39 is 0 Å². The van der Waals surface area contributed by atoms with Gasteiger partial charge in [0.25, 0.3) is 0 Å². The van der Waals surface area contributed by atoms with Crippen LogP contribution in [0.4, 0.5) is 23.5 Å². The van der Waals surface area contributed by atoms with Crippen LogP contribution in [0.1, 0.15) is 45.1 Å². The average Bonchev–Trinajstić information content (AvgIpc) is 3.96. The monoisotopic (exact) mass is 990 g/mol. The number of anilines is 4. The molecule has 72 heavy (non-hydrogen) atoms. The standard InChI is InChI=1S/C34H44N6O5.C19H27N5O3/c1-5-44-30-19-24(20-31(45-6-2)32(30)39-11-7-8-12-39)23-38-13-9-25(10-14-38)35-34-36-27-22-29(42-4)28(41-3)21-26(27)33(37-34)40-15-17-43-18-16-40;1-25-16-11-14-15(12-17(16)26-2)22-19(21-13-3-5-20-6-4-13)23-18(14)24-7-9-27-10-8-24/h7-8,11-12,19-22,25H,5-6,9-10,13-18,23H2,1-4H3,(H,35,36,37);11-13,20H,3-10H2,1-2H3,(H,21,22,23). The topological polar surface area (TPSA) is 176 Å². The van der Waals surface area contributed by atoms with Crippen LogP contribution in [-0.2, 0) is 16.0 Å². The number of piperidine rings is 2. The molecular weight excluding hydrogens is 919 g/mol. The Bertz CT molecular complexity index is 2670. The van der Waals surface area contributed by atoms with Gasteiger partial charge in [0.15, 0.2) is 23.0 Å². The first kappa shape index (κ1) is 50.4. The van der Waals surface area contributed by atoms with E-state index in [1.165, 1.54) is 5.56 Å². The molecule has 19 nitrogen and oxygen atoms in total. The van der Waals surface area contributed by atoms with Crippen LogP contribution in [0.2, 0.25) is 0 Å². The Kier molecular flexibility index (Phi) is 17.0. The molecule has 386 valence electrons. The first-order chi connectivity index (χ1) is 35.4. The molecule has 19 heteroatoms. The lowest BCUT2D eigenvalue weighted by atomic mass is 10.0. The zero-order chi connectivity index (χ0) is 49.8. The number of nitrogens with zero attached hydrogens (tertiary/aromatic N) is 8. The maximum absolute atomic E-state index is 6.10. The Labute approximate surface area is 422 Å². The molecule has 7 heterocycles. The molecule has 0 saturated carbocycles. The molecule has 10 rings (SSSR count). The van der Waals surface area contributed by atoms with Crippen molar-refractivity contribution in [1.82, 2.24) is 34.7 Å². The van der Waals surface area contributed by atoms with Crippen LogP contribution in [0.3, 0.4) is 0 Å². The minimum absolute atomic E-state index is 0.269. The molecular formula is C53H71N11O8. The summed E-state index contributed by atoms with van der Waals surface area (Å²) in [5, 5.41) is 12.5. The molecule has 4 aliphatic heterocycles. The van der Waals surface area contributed by atoms with Crippen molar-refractivity contribution >= 4 is 45.3 Å². The van der Waals surface area contributed by atoms with Gasteiger partial charge in [0.2, 0.25) is 11.9 Å². The molecule has 3 N–H and O–H groups in total. The Morgan fingerprint density at radius 2 is 1.00 bits per heavy atom. The van der Waals surface area contributed by atoms with E-state index in [4.69, 9.17) is 57.8 Å². The van der Waals surface area contributed by atoms with Gasteiger partial charge in [-0.05, 0) is 94.6 Å². The maximum atomic E-state index is 6.10. The van der Waals surface area contributed by atoms with E-state index in [-0.39, 0.29) is 6.04 Å². The first-order valence-electron chi connectivity index (χ1n) is 25.4. The fourth-order valence-corrected chi connectivity index (χ4v) is 9.86. The van der Waals surface area contributed by atoms with E-state index in [9.17, 15) is 0 Å². The highest BCUT2D eigenvalue weighted by Gasteiger charge is 2.26. The van der Waals surface area contributed by atoms with Crippen molar-refractivity contribution < 1.29 is 37.9 Å². The first-order valence-corrected chi connectivity index (χ1v) is 25.4. The van der Waals surface area contributed by atoms with E-state index in [2.05, 4.69) is 47.3 Å². The number of benzene rings is 3. The summed E-state index contributed by atoms with van der Waals surface area (Å²) in [5.74, 6) is 7.46. The van der Waals surface area contributed by atoms with Gasteiger partial charge in [-0.15, -0.1) is 0 Å². The summed E-state index contributed by atoms with van der Waals surface area (Å²) >= 11 is 0. The average molecular weight is 990 g/mol. The second-order valence-electron chi connectivity index (χ2n) is 18.1. The largest absolute Gasteiger partial charge is 0.493 e. The third-order valence-electron chi connectivity index (χ3n) is 13.5. The van der Waals surface area contributed by atoms with Gasteiger partial charge >= 0.3 is 0 Å². The Hall–Kier alpha value is -6.54. The number of fused-ring (bicyclic) bond motifs is 2. The van der Waals surface area contributed by atoms with Crippen molar-refractivity contribution in [2.24, 2.45) is 0 Å². The second-order valence-corrected chi connectivity index (χ2v) is 18.1. The Morgan fingerprint density at radius 1 is 0.556 bits per heavy atom. The van der Waals surface area contributed by atoms with Crippen LogP contribution in [0.5, 0.6) is 34.5 Å². The molecule has 3 aromatic carbocycles. The third kappa shape index (κ3) is 11.9. The fourth-order valence-electron chi connectivity index (χ4n) is 9.86. The zero-order valence-electron chi connectivity index (χ0n) is 42.7. The predicted molar refractivity (Wildman–Crippen MR) is 281 cm³/mol. The second kappa shape index (κ2) is 24.3. The summed E-state index contributed by atoms with van der Waals surface area (Å²) in [6.45, 7) is 15.9. The van der Waals surface area contributed by atoms with Crippen molar-refractivity contribution in [2.45, 2.75) is 58.2 Å². The summed E-state index contributed by atoms with van der Waals surface area (Å²) in [5.41, 5.74) is 3.79. The maximum Gasteiger partial charge on any atom is 0.225 e. The summed E-state index contributed by atoms with van der Waals surface area (Å²) in [6.07, 6.45) is 8.15. The van der Waals surface area contributed by atoms with Crippen molar-refractivity contribution in [1.29, 1.82) is 0 Å². The molecule has 0 spiro atoms. The Balaban J connectivity index is 0.000000201. The molecule has 0 aliphatic carbocycles. The highest BCUT2D eigenvalue weighted by molar-refractivity contribution is 5.94. The van der Waals surface area contributed by atoms with Crippen LogP contribution >= 0.6 is 0 Å². The summed E-state index contributed by atoms with van der Waals surface area (Å²) in [7, 11) is 6.58. The van der Waals surface area contributed by atoms with Crippen LogP contribution in [-0.4, -0.2) is 162 Å². The van der Waals surface area contributed by atoms with Gasteiger partial charge in [0, 0.05) is 93.2 Å². The molecule has 0 atom stereocenters. The lowest BCUT2D eigenvalue weighted by Gasteiger charge is -2.33. The number of hydrogen-bond acceptors (Lipinski definition) is 18. The van der Waals surface area contributed by atoms with Crippen LogP contribution in [0, 0.1) is 0 Å². The fraction of sp³-hybridized carbons (Fsp3) is 0.509. The van der Waals surface area contributed by atoms with Gasteiger partial charge in [0.1, 0.15) is 28.8 Å². The molecule has 0 amide bonds. The molecule has 4 aliphatic rings. The highest BCUT2D eigenvalue weighted by Crippen LogP contribution is 2.39. The van der Waals surface area contributed by atoms with Gasteiger partial charge in [-0.1, -0.05) is 0 Å². The lowest BCUT2D eigenvalue weighted by molar-refractivity contribution is 0.122. The number of methoxy groups -OCH3 is 4. The van der Waals surface area contributed by atoms with E-state index >= 15 is 0 Å². The summed E-state index contributed by atoms with van der Waals surface area (Å²) in [4.78, 5) is 26.6. The number of morpholine rings is 2. The number of aromatic nitrogens is 5. The van der Waals surface area contributed by atoms with E-state index in [0.29, 0.717) is 80.6 Å². The van der Waals surface area contributed by atoms with E-state index in [1.807, 2.05) is 62.6 Å². The molecule has 0 bridgehead atoms. The van der Waals surface area contributed by atoms with Gasteiger partial charge < -0.3 is 68.2 Å². The number of rotatable bonds is 17. The number of likely N-dealkylation sites (tertiary alicyclic amines) is 1. The summed E-state index contributed by atoms with van der Waals surface area (Å²) < 4.78 is 47.5. The minimum Gasteiger partial charge on any atom is -0.493 e. The van der Waals surface area contributed by atoms with Crippen molar-refractivity contribution in [2.75, 3.05) is 141 Å². The van der Waals surface area contributed by atoms with Gasteiger partial charge in [-0.25, -0.2) is 9.97 Å². The number of ether oxygens (including phenoxy) is 8. The van der Waals surface area contributed by atoms with Crippen molar-refractivity contribution in [3.8, 4) is 40.2 Å². The molecule has 3 aromatic heterocycles. The molecule has 0 radical (unpaired) electrons.